The molecule has 0 aliphatic carbocycles. The Labute approximate surface area is 124 Å². The van der Waals surface area contributed by atoms with Gasteiger partial charge in [-0.05, 0) is 29.7 Å². The first-order valence-electron chi connectivity index (χ1n) is 6.94. The molecule has 2 aromatic rings. The number of carbonyl (C=O) groups is 1. The van der Waals surface area contributed by atoms with Gasteiger partial charge < -0.3 is 10.2 Å². The fourth-order valence-electron chi connectivity index (χ4n) is 2.31. The number of hydrogen-bond donors (Lipinski definition) is 3. The molecule has 2 rings (SSSR count). The largest absolute Gasteiger partial charge is 0.508 e. The van der Waals surface area contributed by atoms with E-state index in [9.17, 15) is 15.0 Å². The second kappa shape index (κ2) is 6.90. The summed E-state index contributed by atoms with van der Waals surface area (Å²) in [6.07, 6.45) is 0.751. The zero-order chi connectivity index (χ0) is 15.2. The zero-order valence-electron chi connectivity index (χ0n) is 11.9. The van der Waals surface area contributed by atoms with Gasteiger partial charge in [-0.15, -0.1) is 0 Å². The monoisotopic (exact) mass is 285 g/mol. The minimum Gasteiger partial charge on any atom is -0.508 e. The lowest BCUT2D eigenvalue weighted by Gasteiger charge is -2.23. The molecule has 0 aromatic heterocycles. The summed E-state index contributed by atoms with van der Waals surface area (Å²) < 4.78 is 0. The predicted molar refractivity (Wildman–Crippen MR) is 81.1 cm³/mol. The number of rotatable bonds is 6. The van der Waals surface area contributed by atoms with Gasteiger partial charge in [0, 0.05) is 6.04 Å². The van der Waals surface area contributed by atoms with Crippen molar-refractivity contribution < 1.29 is 15.0 Å². The number of nitrogens with one attached hydrogen (secondary N) is 1. The van der Waals surface area contributed by atoms with E-state index < -0.39 is 12.0 Å². The molecule has 4 heteroatoms. The van der Waals surface area contributed by atoms with Gasteiger partial charge in [0.2, 0.25) is 0 Å². The van der Waals surface area contributed by atoms with Crippen LogP contribution in [0.1, 0.15) is 36.6 Å². The van der Waals surface area contributed by atoms with Crippen LogP contribution in [0.2, 0.25) is 0 Å². The van der Waals surface area contributed by atoms with E-state index >= 15 is 0 Å². The van der Waals surface area contributed by atoms with E-state index in [1.165, 1.54) is 0 Å². The molecule has 110 valence electrons. The molecule has 21 heavy (non-hydrogen) atoms. The van der Waals surface area contributed by atoms with Gasteiger partial charge in [0.1, 0.15) is 11.8 Å². The molecule has 0 bridgehead atoms. The van der Waals surface area contributed by atoms with Gasteiger partial charge in [0.05, 0.1) is 0 Å². The van der Waals surface area contributed by atoms with Crippen LogP contribution >= 0.6 is 0 Å². The Balaban J connectivity index is 2.22. The number of benzene rings is 2. The van der Waals surface area contributed by atoms with Gasteiger partial charge in [-0.3, -0.25) is 10.1 Å². The molecule has 0 radical (unpaired) electrons. The van der Waals surface area contributed by atoms with E-state index in [4.69, 9.17) is 0 Å². The van der Waals surface area contributed by atoms with Crippen molar-refractivity contribution in [2.24, 2.45) is 0 Å². The molecule has 2 aromatic carbocycles. The lowest BCUT2D eigenvalue weighted by Crippen LogP contribution is -2.31. The lowest BCUT2D eigenvalue weighted by atomic mass is 10.0. The molecule has 0 aliphatic heterocycles. The molecule has 4 nitrogen and oxygen atoms in total. The summed E-state index contributed by atoms with van der Waals surface area (Å²) >= 11 is 0. The first-order chi connectivity index (χ1) is 10.1. The quantitative estimate of drug-likeness (QED) is 0.762. The predicted octanol–water partition coefficient (Wildman–Crippen LogP) is 3.26. The summed E-state index contributed by atoms with van der Waals surface area (Å²) in [5, 5.41) is 22.0. The Morgan fingerprint density at radius 2 is 1.67 bits per heavy atom. The van der Waals surface area contributed by atoms with Gasteiger partial charge >= 0.3 is 5.97 Å². The molecule has 0 aliphatic rings. The van der Waals surface area contributed by atoms with Gasteiger partial charge in [0.25, 0.3) is 0 Å². The smallest absolute Gasteiger partial charge is 0.325 e. The molecule has 2 unspecified atom stereocenters. The average Bonchev–Trinajstić information content (AvgIpc) is 2.50. The van der Waals surface area contributed by atoms with Crippen molar-refractivity contribution in [3.63, 3.8) is 0 Å². The van der Waals surface area contributed by atoms with Crippen LogP contribution in [-0.4, -0.2) is 16.2 Å². The maximum Gasteiger partial charge on any atom is 0.325 e. The first kappa shape index (κ1) is 15.1. The van der Waals surface area contributed by atoms with Crippen LogP contribution < -0.4 is 5.32 Å². The third-order valence-electron chi connectivity index (χ3n) is 3.45. The van der Waals surface area contributed by atoms with Crippen molar-refractivity contribution in [3.05, 3.63) is 65.7 Å². The summed E-state index contributed by atoms with van der Waals surface area (Å²) in [5.74, 6) is -0.704. The van der Waals surface area contributed by atoms with Gasteiger partial charge in [-0.2, -0.15) is 0 Å². The molecule has 0 fully saturated rings. The van der Waals surface area contributed by atoms with Gasteiger partial charge in [-0.25, -0.2) is 0 Å². The fraction of sp³-hybridized carbons (Fsp3) is 0.235. The number of carboxylic acids is 1. The summed E-state index contributed by atoms with van der Waals surface area (Å²) in [6, 6.07) is 15.1. The van der Waals surface area contributed by atoms with Crippen LogP contribution in [0.25, 0.3) is 0 Å². The number of phenolic OH excluding ortho intramolecular Hbond substituents is 1. The van der Waals surface area contributed by atoms with E-state index in [2.05, 4.69) is 5.32 Å². The van der Waals surface area contributed by atoms with Crippen LogP contribution in [-0.2, 0) is 4.79 Å². The standard InChI is InChI=1S/C17H19NO3/c1-2-15(12-8-10-14(19)11-9-12)18-16(17(20)21)13-6-4-3-5-7-13/h3-11,15-16,18-19H,2H2,1H3,(H,20,21). The summed E-state index contributed by atoms with van der Waals surface area (Å²) in [5.41, 5.74) is 1.68. The van der Waals surface area contributed by atoms with E-state index in [1.54, 1.807) is 36.4 Å². The number of phenols is 1. The lowest BCUT2D eigenvalue weighted by molar-refractivity contribution is -0.139. The van der Waals surface area contributed by atoms with Crippen molar-refractivity contribution in [1.29, 1.82) is 0 Å². The Bertz CT molecular complexity index is 581. The third kappa shape index (κ3) is 3.83. The van der Waals surface area contributed by atoms with Gasteiger partial charge in [0.15, 0.2) is 0 Å². The van der Waals surface area contributed by atoms with Gasteiger partial charge in [-0.1, -0.05) is 49.4 Å². The van der Waals surface area contributed by atoms with E-state index in [0.717, 1.165) is 17.5 Å². The zero-order valence-corrected chi connectivity index (χ0v) is 11.9. The maximum absolute atomic E-state index is 11.5. The number of carboxylic acid groups (broad SMARTS) is 1. The molecule has 0 saturated heterocycles. The normalized spacial score (nSPS) is 13.6. The van der Waals surface area contributed by atoms with E-state index in [0.29, 0.717) is 0 Å². The number of hydrogen-bond acceptors (Lipinski definition) is 3. The molecule has 0 heterocycles. The molecule has 0 spiro atoms. The molecule has 3 N–H and O–H groups in total. The Morgan fingerprint density at radius 1 is 1.05 bits per heavy atom. The highest BCUT2D eigenvalue weighted by Crippen LogP contribution is 2.24. The Kier molecular flexibility index (Phi) is 4.95. The third-order valence-corrected chi connectivity index (χ3v) is 3.45. The van der Waals surface area contributed by atoms with Crippen LogP contribution in [0.3, 0.4) is 0 Å². The highest BCUT2D eigenvalue weighted by Gasteiger charge is 2.23. The Hall–Kier alpha value is -2.33. The minimum atomic E-state index is -0.904. The minimum absolute atomic E-state index is 0.0908. The summed E-state index contributed by atoms with van der Waals surface area (Å²) in [7, 11) is 0. The van der Waals surface area contributed by atoms with Crippen molar-refractivity contribution in [1.82, 2.24) is 5.32 Å². The Morgan fingerprint density at radius 3 is 2.19 bits per heavy atom. The van der Waals surface area contributed by atoms with Crippen molar-refractivity contribution in [2.75, 3.05) is 0 Å². The van der Waals surface area contributed by atoms with E-state index in [-0.39, 0.29) is 11.8 Å². The SMILES string of the molecule is CCC(NC(C(=O)O)c1ccccc1)c1ccc(O)cc1. The summed E-state index contributed by atoms with van der Waals surface area (Å²) in [6.45, 7) is 1.99. The highest BCUT2D eigenvalue weighted by molar-refractivity contribution is 5.75. The van der Waals surface area contributed by atoms with E-state index in [1.807, 2.05) is 25.1 Å². The van der Waals surface area contributed by atoms with Crippen LogP contribution in [0.4, 0.5) is 0 Å². The molecule has 0 saturated carbocycles. The average molecular weight is 285 g/mol. The van der Waals surface area contributed by atoms with Crippen molar-refractivity contribution in [2.45, 2.75) is 25.4 Å². The second-order valence-electron chi connectivity index (χ2n) is 4.90. The maximum atomic E-state index is 11.5. The number of aromatic hydroxyl groups is 1. The van der Waals surface area contributed by atoms with Crippen molar-refractivity contribution >= 4 is 5.97 Å². The summed E-state index contributed by atoms with van der Waals surface area (Å²) in [4.78, 5) is 11.5. The fourth-order valence-corrected chi connectivity index (χ4v) is 2.31. The van der Waals surface area contributed by atoms with Crippen LogP contribution in [0.15, 0.2) is 54.6 Å². The first-order valence-corrected chi connectivity index (χ1v) is 6.94. The van der Waals surface area contributed by atoms with Crippen LogP contribution in [0, 0.1) is 0 Å². The van der Waals surface area contributed by atoms with Crippen LogP contribution in [0.5, 0.6) is 5.75 Å². The molecular weight excluding hydrogens is 266 g/mol. The highest BCUT2D eigenvalue weighted by atomic mass is 16.4. The topological polar surface area (TPSA) is 69.6 Å². The molecule has 0 amide bonds. The van der Waals surface area contributed by atoms with Crippen molar-refractivity contribution in [3.8, 4) is 5.75 Å². The molecular formula is C17H19NO3. The second-order valence-corrected chi connectivity index (χ2v) is 4.90. The number of aliphatic carboxylic acids is 1. The molecule has 2 atom stereocenters.